The van der Waals surface area contributed by atoms with E-state index in [9.17, 15) is 8.42 Å². The van der Waals surface area contributed by atoms with Gasteiger partial charge in [0.05, 0.1) is 17.0 Å². The SMILES string of the molecule is O=S(=O)(N[C@@H]1CCN(c2nnc3cnc4[nH]ccc4n23)C1)C1CC1. The molecule has 1 atom stereocenters. The molecule has 3 aromatic heterocycles. The van der Waals surface area contributed by atoms with Gasteiger partial charge in [-0.05, 0) is 25.3 Å². The second-order valence-electron chi connectivity index (χ2n) is 6.46. The minimum Gasteiger partial charge on any atom is -0.345 e. The third kappa shape index (κ3) is 2.17. The Morgan fingerprint density at radius 3 is 2.96 bits per heavy atom. The lowest BCUT2D eigenvalue weighted by molar-refractivity contribution is 0.560. The molecule has 0 amide bonds. The van der Waals surface area contributed by atoms with E-state index in [0.29, 0.717) is 12.2 Å². The van der Waals surface area contributed by atoms with Crippen LogP contribution in [0.2, 0.25) is 0 Å². The number of rotatable bonds is 4. The van der Waals surface area contributed by atoms with Crippen LogP contribution in [0, 0.1) is 0 Å². The molecule has 2 aliphatic rings. The first-order valence-corrected chi connectivity index (χ1v) is 9.60. The van der Waals surface area contributed by atoms with E-state index in [1.54, 1.807) is 6.20 Å². The zero-order valence-corrected chi connectivity index (χ0v) is 13.7. The maximum Gasteiger partial charge on any atom is 0.232 e. The second-order valence-corrected chi connectivity index (χ2v) is 8.45. The first-order valence-electron chi connectivity index (χ1n) is 8.05. The van der Waals surface area contributed by atoms with Gasteiger partial charge in [0.15, 0.2) is 11.3 Å². The first kappa shape index (κ1) is 14.2. The number of H-pyrrole nitrogens is 1. The van der Waals surface area contributed by atoms with Gasteiger partial charge < -0.3 is 9.88 Å². The standard InChI is InChI=1S/C14H17N7O2S/c22-24(23,10-1-2-10)19-9-4-6-20(8-9)14-18-17-12-7-16-13-11(21(12)14)3-5-15-13/h3,5,7,9-10,15,19H,1-2,4,6,8H2/t9-/m1/s1. The van der Waals surface area contributed by atoms with E-state index in [-0.39, 0.29) is 11.3 Å². The molecule has 5 rings (SSSR count). The fraction of sp³-hybridized carbons (Fsp3) is 0.500. The molecule has 3 aromatic rings. The van der Waals surface area contributed by atoms with Crippen molar-refractivity contribution < 1.29 is 8.42 Å². The molecule has 1 aliphatic heterocycles. The molecule has 0 radical (unpaired) electrons. The lowest BCUT2D eigenvalue weighted by Crippen LogP contribution is -2.39. The van der Waals surface area contributed by atoms with Crippen molar-refractivity contribution in [2.75, 3.05) is 18.0 Å². The third-order valence-electron chi connectivity index (χ3n) is 4.69. The molecule has 9 nitrogen and oxygen atoms in total. The molecule has 1 aliphatic carbocycles. The van der Waals surface area contributed by atoms with Crippen molar-refractivity contribution in [2.24, 2.45) is 0 Å². The summed E-state index contributed by atoms with van der Waals surface area (Å²) in [6, 6.07) is 1.86. The summed E-state index contributed by atoms with van der Waals surface area (Å²) >= 11 is 0. The van der Waals surface area contributed by atoms with Crippen LogP contribution < -0.4 is 9.62 Å². The van der Waals surface area contributed by atoms with E-state index >= 15 is 0 Å². The number of anilines is 1. The normalized spacial score (nSPS) is 22.0. The smallest absolute Gasteiger partial charge is 0.232 e. The highest BCUT2D eigenvalue weighted by Crippen LogP contribution is 2.29. The van der Waals surface area contributed by atoms with Crippen molar-refractivity contribution >= 4 is 32.8 Å². The predicted molar refractivity (Wildman–Crippen MR) is 88.3 cm³/mol. The summed E-state index contributed by atoms with van der Waals surface area (Å²) in [5.74, 6) is 0.727. The molecule has 2 fully saturated rings. The molecule has 1 saturated heterocycles. The molecule has 1 saturated carbocycles. The van der Waals surface area contributed by atoms with E-state index in [1.165, 1.54) is 0 Å². The lowest BCUT2D eigenvalue weighted by atomic mass is 10.3. The third-order valence-corrected chi connectivity index (χ3v) is 6.70. The average Bonchev–Trinajstić information content (AvgIpc) is 2.96. The van der Waals surface area contributed by atoms with Crippen LogP contribution in [0.3, 0.4) is 0 Å². The summed E-state index contributed by atoms with van der Waals surface area (Å²) in [4.78, 5) is 9.47. The maximum absolute atomic E-state index is 12.1. The van der Waals surface area contributed by atoms with Gasteiger partial charge in [-0.1, -0.05) is 0 Å². The molecular weight excluding hydrogens is 330 g/mol. The second kappa shape index (κ2) is 4.90. The van der Waals surface area contributed by atoms with Crippen LogP contribution in [-0.4, -0.2) is 57.4 Å². The number of nitrogens with zero attached hydrogens (tertiary/aromatic N) is 5. The summed E-state index contributed by atoms with van der Waals surface area (Å²) in [6.07, 6.45) is 5.83. The van der Waals surface area contributed by atoms with Crippen LogP contribution in [0.15, 0.2) is 18.5 Å². The van der Waals surface area contributed by atoms with Crippen LogP contribution in [0.5, 0.6) is 0 Å². The Kier molecular flexibility index (Phi) is 2.89. The van der Waals surface area contributed by atoms with Crippen LogP contribution in [0.25, 0.3) is 16.8 Å². The van der Waals surface area contributed by atoms with Gasteiger partial charge in [0.1, 0.15) is 0 Å². The van der Waals surface area contributed by atoms with Gasteiger partial charge in [-0.3, -0.25) is 4.40 Å². The molecular formula is C14H17N7O2S. The van der Waals surface area contributed by atoms with Crippen molar-refractivity contribution in [2.45, 2.75) is 30.6 Å². The van der Waals surface area contributed by atoms with Gasteiger partial charge in [0.25, 0.3) is 0 Å². The first-order chi connectivity index (χ1) is 11.6. The zero-order chi connectivity index (χ0) is 16.3. The minimum absolute atomic E-state index is 0.0773. The number of hydrogen-bond acceptors (Lipinski definition) is 6. The number of aromatic nitrogens is 5. The predicted octanol–water partition coefficient (Wildman–Crippen LogP) is 0.266. The monoisotopic (exact) mass is 347 g/mol. The Morgan fingerprint density at radius 1 is 1.25 bits per heavy atom. The van der Waals surface area contributed by atoms with Crippen LogP contribution in [0.1, 0.15) is 19.3 Å². The Morgan fingerprint density at radius 2 is 2.12 bits per heavy atom. The summed E-state index contributed by atoms with van der Waals surface area (Å²) in [5, 5.41) is 8.29. The van der Waals surface area contributed by atoms with Crippen molar-refractivity contribution in [1.82, 2.24) is 29.3 Å². The van der Waals surface area contributed by atoms with Gasteiger partial charge in [-0.2, -0.15) is 0 Å². The molecule has 10 heteroatoms. The average molecular weight is 347 g/mol. The topological polar surface area (TPSA) is 108 Å². The molecule has 2 N–H and O–H groups in total. The largest absolute Gasteiger partial charge is 0.345 e. The number of aromatic amines is 1. The molecule has 0 bridgehead atoms. The van der Waals surface area contributed by atoms with Gasteiger partial charge >= 0.3 is 0 Å². The summed E-state index contributed by atoms with van der Waals surface area (Å²) < 4.78 is 29.0. The Bertz CT molecular complexity index is 1020. The molecule has 126 valence electrons. The quantitative estimate of drug-likeness (QED) is 0.701. The van der Waals surface area contributed by atoms with E-state index in [4.69, 9.17) is 0 Å². The number of fused-ring (bicyclic) bond motifs is 3. The molecule has 0 aromatic carbocycles. The van der Waals surface area contributed by atoms with Gasteiger partial charge in [0.2, 0.25) is 16.0 Å². The van der Waals surface area contributed by atoms with Gasteiger partial charge in [0, 0.05) is 25.3 Å². The number of nitrogens with one attached hydrogen (secondary N) is 2. The lowest BCUT2D eigenvalue weighted by Gasteiger charge is -2.17. The van der Waals surface area contributed by atoms with E-state index in [2.05, 4.69) is 29.8 Å². The molecule has 0 unspecified atom stereocenters. The van der Waals surface area contributed by atoms with Crippen LogP contribution >= 0.6 is 0 Å². The highest BCUT2D eigenvalue weighted by molar-refractivity contribution is 7.90. The summed E-state index contributed by atoms with van der Waals surface area (Å²) in [5.41, 5.74) is 2.36. The van der Waals surface area contributed by atoms with E-state index in [1.807, 2.05) is 16.7 Å². The van der Waals surface area contributed by atoms with Crippen molar-refractivity contribution in [3.05, 3.63) is 18.5 Å². The molecule has 24 heavy (non-hydrogen) atoms. The van der Waals surface area contributed by atoms with Gasteiger partial charge in [-0.15, -0.1) is 10.2 Å². The van der Waals surface area contributed by atoms with E-state index < -0.39 is 10.0 Å². The Hall–Kier alpha value is -2.20. The number of hydrogen-bond donors (Lipinski definition) is 2. The van der Waals surface area contributed by atoms with Crippen LogP contribution in [-0.2, 0) is 10.0 Å². The number of sulfonamides is 1. The molecule has 0 spiro atoms. The fourth-order valence-electron chi connectivity index (χ4n) is 3.31. The minimum atomic E-state index is -3.17. The Labute approximate surface area is 138 Å². The highest BCUT2D eigenvalue weighted by atomic mass is 32.2. The molecule has 4 heterocycles. The summed E-state index contributed by atoms with van der Waals surface area (Å²) in [6.45, 7) is 1.34. The van der Waals surface area contributed by atoms with Crippen molar-refractivity contribution in [3.8, 4) is 0 Å². The van der Waals surface area contributed by atoms with Crippen molar-refractivity contribution in [1.29, 1.82) is 0 Å². The zero-order valence-electron chi connectivity index (χ0n) is 12.9. The van der Waals surface area contributed by atoms with E-state index in [0.717, 1.165) is 42.9 Å². The summed E-state index contributed by atoms with van der Waals surface area (Å²) in [7, 11) is -3.17. The van der Waals surface area contributed by atoms with Crippen LogP contribution in [0.4, 0.5) is 5.95 Å². The van der Waals surface area contributed by atoms with Crippen molar-refractivity contribution in [3.63, 3.8) is 0 Å². The maximum atomic E-state index is 12.1. The fourth-order valence-corrected chi connectivity index (χ4v) is 4.92. The highest BCUT2D eigenvalue weighted by Gasteiger charge is 2.38. The Balaban J connectivity index is 1.45. The van der Waals surface area contributed by atoms with Gasteiger partial charge in [-0.25, -0.2) is 18.1 Å².